The van der Waals surface area contributed by atoms with Crippen LogP contribution in [0.15, 0.2) is 0 Å². The first-order valence-electron chi connectivity index (χ1n) is 10.4. The lowest BCUT2D eigenvalue weighted by Gasteiger charge is -2.60. The second kappa shape index (κ2) is 4.44. The van der Waals surface area contributed by atoms with Crippen LogP contribution >= 0.6 is 0 Å². The molecule has 6 fully saturated rings. The summed E-state index contributed by atoms with van der Waals surface area (Å²) in [4.78, 5) is 11.7. The Labute approximate surface area is 150 Å². The van der Waals surface area contributed by atoms with Crippen LogP contribution in [0, 0.1) is 34.5 Å². The van der Waals surface area contributed by atoms with Gasteiger partial charge in [0.15, 0.2) is 0 Å². The average molecular weight is 346 g/mol. The quantitative estimate of drug-likeness (QED) is 0.537. The summed E-state index contributed by atoms with van der Waals surface area (Å²) in [6.45, 7) is 6.44. The van der Waals surface area contributed by atoms with E-state index in [9.17, 15) is 4.79 Å². The third-order valence-electron chi connectivity index (χ3n) is 9.54. The van der Waals surface area contributed by atoms with Crippen LogP contribution in [-0.4, -0.2) is 30.1 Å². The Bertz CT molecular complexity index is 648. The fourth-order valence-electron chi connectivity index (χ4n) is 8.24. The van der Waals surface area contributed by atoms with Crippen LogP contribution in [0.5, 0.6) is 0 Å². The molecule has 6 aliphatic rings. The zero-order valence-electron chi connectivity index (χ0n) is 15.6. The third-order valence-corrected chi connectivity index (χ3v) is 9.54. The van der Waals surface area contributed by atoms with Crippen molar-refractivity contribution in [2.75, 3.05) is 0 Å². The van der Waals surface area contributed by atoms with E-state index in [2.05, 4.69) is 13.8 Å². The van der Waals surface area contributed by atoms with Crippen LogP contribution in [0.4, 0.5) is 0 Å². The van der Waals surface area contributed by atoms with Gasteiger partial charge in [-0.25, -0.2) is 0 Å². The normalized spacial score (nSPS) is 63.4. The molecule has 10 atom stereocenters. The number of hydrogen-bond donors (Lipinski definition) is 0. The minimum Gasteiger partial charge on any atom is -0.430 e. The molecule has 0 N–H and O–H groups in total. The Morgan fingerprint density at radius 1 is 1.08 bits per heavy atom. The highest BCUT2D eigenvalue weighted by molar-refractivity contribution is 5.67. The smallest absolute Gasteiger partial charge is 0.305 e. The molecule has 0 unspecified atom stereocenters. The lowest BCUT2D eigenvalue weighted by Crippen LogP contribution is -2.56. The summed E-state index contributed by atoms with van der Waals surface area (Å²) in [5.41, 5.74) is 0.477. The number of hydrogen-bond acceptors (Lipinski definition) is 4. The average Bonchev–Trinajstić information content (AvgIpc) is 3.42. The molecule has 0 aromatic rings. The summed E-state index contributed by atoms with van der Waals surface area (Å²) in [6.07, 6.45) is 10.1. The van der Waals surface area contributed by atoms with Crippen molar-refractivity contribution in [2.24, 2.45) is 34.5 Å². The number of carbonyl (C=O) groups is 1. The van der Waals surface area contributed by atoms with Crippen LogP contribution in [0.2, 0.25) is 0 Å². The van der Waals surface area contributed by atoms with E-state index in [-0.39, 0.29) is 17.5 Å². The SMILES string of the molecule is CC(=O)O[C@]12O[C@H]1C[C@@H]1[C@@H]3CC[C@H]4C[C@@H]5O[C@@H]5C[C@]4(C)[C@@H]3CC[C@]12C. The van der Waals surface area contributed by atoms with Crippen LogP contribution in [0.25, 0.3) is 0 Å². The van der Waals surface area contributed by atoms with E-state index >= 15 is 0 Å². The lowest BCUT2D eigenvalue weighted by atomic mass is 9.45. The number of ether oxygens (including phenoxy) is 3. The fraction of sp³-hybridized carbons (Fsp3) is 0.952. The molecule has 6 rings (SSSR count). The van der Waals surface area contributed by atoms with Crippen LogP contribution in [0.1, 0.15) is 65.7 Å². The molecule has 4 saturated carbocycles. The van der Waals surface area contributed by atoms with Crippen LogP contribution in [0.3, 0.4) is 0 Å². The Hall–Kier alpha value is -0.610. The van der Waals surface area contributed by atoms with E-state index in [1.165, 1.54) is 39.0 Å². The molecule has 2 aliphatic heterocycles. The zero-order valence-corrected chi connectivity index (χ0v) is 15.6. The van der Waals surface area contributed by atoms with Crippen molar-refractivity contribution in [3.8, 4) is 0 Å². The van der Waals surface area contributed by atoms with Gasteiger partial charge in [0.05, 0.1) is 12.2 Å². The largest absolute Gasteiger partial charge is 0.430 e. The van der Waals surface area contributed by atoms with Crippen molar-refractivity contribution >= 4 is 5.97 Å². The first kappa shape index (κ1) is 15.4. The van der Waals surface area contributed by atoms with E-state index in [1.54, 1.807) is 0 Å². The highest BCUT2D eigenvalue weighted by atomic mass is 16.8. The van der Waals surface area contributed by atoms with Crippen molar-refractivity contribution in [3.05, 3.63) is 0 Å². The first-order valence-corrected chi connectivity index (χ1v) is 10.4. The molecular formula is C21H30O4. The molecule has 4 heteroatoms. The van der Waals surface area contributed by atoms with E-state index in [0.717, 1.165) is 30.6 Å². The molecule has 25 heavy (non-hydrogen) atoms. The summed E-state index contributed by atoms with van der Waals surface area (Å²) >= 11 is 0. The van der Waals surface area contributed by atoms with Gasteiger partial charge in [-0.1, -0.05) is 13.8 Å². The Kier molecular flexibility index (Phi) is 2.74. The maximum absolute atomic E-state index is 11.7. The van der Waals surface area contributed by atoms with Gasteiger partial charge in [-0.05, 0) is 74.0 Å². The number of fused-ring (bicyclic) bond motifs is 8. The van der Waals surface area contributed by atoms with Gasteiger partial charge in [-0.3, -0.25) is 4.79 Å². The lowest BCUT2D eigenvalue weighted by molar-refractivity contribution is -0.198. The van der Waals surface area contributed by atoms with E-state index in [0.29, 0.717) is 23.5 Å². The van der Waals surface area contributed by atoms with Gasteiger partial charge < -0.3 is 14.2 Å². The van der Waals surface area contributed by atoms with Crippen molar-refractivity contribution in [1.29, 1.82) is 0 Å². The minimum absolute atomic E-state index is 0.0149. The molecule has 0 amide bonds. The van der Waals surface area contributed by atoms with Crippen molar-refractivity contribution < 1.29 is 19.0 Å². The third kappa shape index (κ3) is 1.74. The van der Waals surface area contributed by atoms with Gasteiger partial charge in [0.2, 0.25) is 5.79 Å². The zero-order chi connectivity index (χ0) is 17.2. The Morgan fingerprint density at radius 3 is 2.72 bits per heavy atom. The van der Waals surface area contributed by atoms with Gasteiger partial charge in [0.1, 0.15) is 6.10 Å². The summed E-state index contributed by atoms with van der Waals surface area (Å²) in [5, 5.41) is 0. The van der Waals surface area contributed by atoms with Gasteiger partial charge in [0.25, 0.3) is 0 Å². The van der Waals surface area contributed by atoms with E-state index < -0.39 is 5.79 Å². The number of esters is 1. The first-order chi connectivity index (χ1) is 11.9. The summed E-state index contributed by atoms with van der Waals surface area (Å²) in [5.74, 6) is 2.33. The van der Waals surface area contributed by atoms with Crippen LogP contribution in [-0.2, 0) is 19.0 Å². The Morgan fingerprint density at radius 2 is 1.92 bits per heavy atom. The summed E-state index contributed by atoms with van der Waals surface area (Å²) < 4.78 is 17.7. The maximum atomic E-state index is 11.7. The van der Waals surface area contributed by atoms with Gasteiger partial charge >= 0.3 is 5.97 Å². The van der Waals surface area contributed by atoms with E-state index in [4.69, 9.17) is 14.2 Å². The minimum atomic E-state index is -0.594. The fourth-order valence-corrected chi connectivity index (χ4v) is 8.24. The Balaban J connectivity index is 1.32. The second-order valence-electron chi connectivity index (χ2n) is 10.4. The van der Waals surface area contributed by atoms with Gasteiger partial charge in [-0.2, -0.15) is 0 Å². The topological polar surface area (TPSA) is 51.4 Å². The highest BCUT2D eigenvalue weighted by Crippen LogP contribution is 2.74. The molecular weight excluding hydrogens is 316 g/mol. The predicted octanol–water partition coefficient (Wildman–Crippen LogP) is 3.67. The second-order valence-corrected chi connectivity index (χ2v) is 10.4. The monoisotopic (exact) mass is 346 g/mol. The number of carbonyl (C=O) groups excluding carboxylic acids is 1. The molecule has 4 nitrogen and oxygen atoms in total. The van der Waals surface area contributed by atoms with Crippen molar-refractivity contribution in [3.63, 3.8) is 0 Å². The van der Waals surface area contributed by atoms with Gasteiger partial charge in [-0.15, -0.1) is 0 Å². The summed E-state index contributed by atoms with van der Waals surface area (Å²) in [6, 6.07) is 0. The highest BCUT2D eigenvalue weighted by Gasteiger charge is 2.80. The van der Waals surface area contributed by atoms with Crippen molar-refractivity contribution in [2.45, 2.75) is 89.8 Å². The summed E-state index contributed by atoms with van der Waals surface area (Å²) in [7, 11) is 0. The predicted molar refractivity (Wildman–Crippen MR) is 90.5 cm³/mol. The van der Waals surface area contributed by atoms with Gasteiger partial charge in [0, 0.05) is 12.3 Å². The standard InChI is InChI=1S/C21H30O4/c1-11(22)24-21-18(25-21)9-15-13-5-4-12-8-16-17(23-16)10-19(12,2)14(13)6-7-20(15,21)3/h12-18H,4-10H2,1-3H3/t12-,13+,14+,15+,16-,17+,18-,19-,20+,21-/m0/s1. The number of rotatable bonds is 1. The molecule has 4 aliphatic carbocycles. The maximum Gasteiger partial charge on any atom is 0.305 e. The molecule has 2 saturated heterocycles. The molecule has 0 bridgehead atoms. The van der Waals surface area contributed by atoms with Crippen molar-refractivity contribution in [1.82, 2.24) is 0 Å². The van der Waals surface area contributed by atoms with Crippen LogP contribution < -0.4 is 0 Å². The molecule has 2 heterocycles. The molecule has 0 aromatic carbocycles. The molecule has 138 valence electrons. The molecule has 0 radical (unpaired) electrons. The molecule has 0 aromatic heterocycles. The number of epoxide rings is 2. The molecule has 0 spiro atoms. The van der Waals surface area contributed by atoms with E-state index in [1.807, 2.05) is 0 Å².